The quantitative estimate of drug-likeness (QED) is 0.603. The lowest BCUT2D eigenvalue weighted by Gasteiger charge is -2.19. The molecule has 0 saturated carbocycles. The Morgan fingerprint density at radius 1 is 1.67 bits per heavy atom. The highest BCUT2D eigenvalue weighted by Crippen LogP contribution is 2.27. The fourth-order valence-electron chi connectivity index (χ4n) is 1.30. The van der Waals surface area contributed by atoms with Crippen LogP contribution in [-0.2, 0) is 14.3 Å². The van der Waals surface area contributed by atoms with Crippen LogP contribution in [0, 0.1) is 5.92 Å². The summed E-state index contributed by atoms with van der Waals surface area (Å²) < 4.78 is 11.0. The van der Waals surface area contributed by atoms with Crippen molar-refractivity contribution < 1.29 is 14.3 Å². The van der Waals surface area contributed by atoms with Crippen molar-refractivity contribution in [2.45, 2.75) is 39.1 Å². The van der Waals surface area contributed by atoms with Crippen LogP contribution in [-0.4, -0.2) is 24.8 Å². The first-order valence-corrected chi connectivity index (χ1v) is 4.30. The van der Waals surface area contributed by atoms with Crippen LogP contribution in [0.15, 0.2) is 0 Å². The van der Waals surface area contributed by atoms with E-state index in [1.54, 1.807) is 0 Å². The highest BCUT2D eigenvalue weighted by molar-refractivity contribution is 5.49. The zero-order valence-corrected chi connectivity index (χ0v) is 7.87. The molecule has 1 rings (SSSR count). The van der Waals surface area contributed by atoms with Crippen LogP contribution in [0.4, 0.5) is 0 Å². The number of aldehydes is 1. The van der Waals surface area contributed by atoms with Crippen LogP contribution >= 0.6 is 0 Å². The molecule has 70 valence electrons. The number of carbonyl (C=O) groups excluding carboxylic acids is 1. The Labute approximate surface area is 73.0 Å². The van der Waals surface area contributed by atoms with Gasteiger partial charge >= 0.3 is 0 Å². The molecule has 1 aliphatic heterocycles. The Morgan fingerprint density at radius 3 is 2.75 bits per heavy atom. The molecule has 3 nitrogen and oxygen atoms in total. The first-order valence-electron chi connectivity index (χ1n) is 4.30. The van der Waals surface area contributed by atoms with Crippen LogP contribution in [0.5, 0.6) is 0 Å². The van der Waals surface area contributed by atoms with Crippen LogP contribution < -0.4 is 0 Å². The van der Waals surface area contributed by atoms with E-state index in [2.05, 4.69) is 0 Å². The lowest BCUT2D eigenvalue weighted by Crippen LogP contribution is -2.25. The van der Waals surface area contributed by atoms with E-state index in [4.69, 9.17) is 9.47 Å². The van der Waals surface area contributed by atoms with Gasteiger partial charge in [0, 0.05) is 6.42 Å². The molecule has 0 bridgehead atoms. The SMILES string of the molecule is C[C@H](CC=O)[C@@H]1COC(C)(C)O1. The molecule has 3 heteroatoms. The van der Waals surface area contributed by atoms with Crippen molar-refractivity contribution in [3.05, 3.63) is 0 Å². The Morgan fingerprint density at radius 2 is 2.33 bits per heavy atom. The van der Waals surface area contributed by atoms with Gasteiger partial charge in [0.05, 0.1) is 12.7 Å². The summed E-state index contributed by atoms with van der Waals surface area (Å²) in [5.74, 6) is -0.216. The van der Waals surface area contributed by atoms with Crippen LogP contribution in [0.25, 0.3) is 0 Å². The van der Waals surface area contributed by atoms with Crippen molar-refractivity contribution in [3.8, 4) is 0 Å². The number of carbonyl (C=O) groups is 1. The van der Waals surface area contributed by atoms with Crippen molar-refractivity contribution in [2.75, 3.05) is 6.61 Å². The third-order valence-corrected chi connectivity index (χ3v) is 2.13. The molecule has 12 heavy (non-hydrogen) atoms. The molecule has 1 saturated heterocycles. The van der Waals surface area contributed by atoms with Gasteiger partial charge in [0.25, 0.3) is 0 Å². The van der Waals surface area contributed by atoms with Crippen LogP contribution in [0.1, 0.15) is 27.2 Å². The largest absolute Gasteiger partial charge is 0.348 e. The van der Waals surface area contributed by atoms with Gasteiger partial charge < -0.3 is 14.3 Å². The van der Waals surface area contributed by atoms with Gasteiger partial charge in [-0.2, -0.15) is 0 Å². The van der Waals surface area contributed by atoms with Gasteiger partial charge in [-0.05, 0) is 19.8 Å². The summed E-state index contributed by atoms with van der Waals surface area (Å²) in [5, 5.41) is 0. The Kier molecular flexibility index (Phi) is 2.85. The third-order valence-electron chi connectivity index (χ3n) is 2.13. The lowest BCUT2D eigenvalue weighted by molar-refractivity contribution is -0.144. The molecule has 1 fully saturated rings. The van der Waals surface area contributed by atoms with Gasteiger partial charge in [-0.15, -0.1) is 0 Å². The zero-order chi connectivity index (χ0) is 9.19. The standard InChI is InChI=1S/C9H16O3/c1-7(4-5-10)8-6-11-9(2,3)12-8/h5,7-8H,4,6H2,1-3H3/t7-,8+/m1/s1. The maximum atomic E-state index is 10.2. The van der Waals surface area contributed by atoms with Crippen LogP contribution in [0.3, 0.4) is 0 Å². The van der Waals surface area contributed by atoms with E-state index in [1.807, 2.05) is 20.8 Å². The van der Waals surface area contributed by atoms with E-state index in [-0.39, 0.29) is 12.0 Å². The predicted molar refractivity (Wildman–Crippen MR) is 44.7 cm³/mol. The van der Waals surface area contributed by atoms with Crippen molar-refractivity contribution in [1.29, 1.82) is 0 Å². The summed E-state index contributed by atoms with van der Waals surface area (Å²) in [6, 6.07) is 0. The van der Waals surface area contributed by atoms with E-state index in [0.29, 0.717) is 13.0 Å². The summed E-state index contributed by atoms with van der Waals surface area (Å²) >= 11 is 0. The topological polar surface area (TPSA) is 35.5 Å². The zero-order valence-electron chi connectivity index (χ0n) is 7.87. The van der Waals surface area contributed by atoms with Crippen molar-refractivity contribution >= 4 is 6.29 Å². The molecule has 0 aliphatic carbocycles. The van der Waals surface area contributed by atoms with Crippen molar-refractivity contribution in [2.24, 2.45) is 5.92 Å². The smallest absolute Gasteiger partial charge is 0.163 e. The number of hydrogen-bond donors (Lipinski definition) is 0. The first kappa shape index (κ1) is 9.68. The van der Waals surface area contributed by atoms with E-state index >= 15 is 0 Å². The highest BCUT2D eigenvalue weighted by Gasteiger charge is 2.35. The molecule has 0 amide bonds. The molecule has 2 atom stereocenters. The lowest BCUT2D eigenvalue weighted by atomic mass is 10.0. The molecular formula is C9H16O3. The van der Waals surface area contributed by atoms with Gasteiger partial charge in [-0.3, -0.25) is 0 Å². The van der Waals surface area contributed by atoms with E-state index in [0.717, 1.165) is 6.29 Å². The minimum atomic E-state index is -0.470. The van der Waals surface area contributed by atoms with Crippen molar-refractivity contribution in [1.82, 2.24) is 0 Å². The minimum absolute atomic E-state index is 0.0743. The molecule has 1 heterocycles. The first-order chi connectivity index (χ1) is 5.55. The molecule has 0 radical (unpaired) electrons. The Hall–Kier alpha value is -0.410. The second-order valence-electron chi connectivity index (χ2n) is 3.75. The Balaban J connectivity index is 2.40. The summed E-state index contributed by atoms with van der Waals surface area (Å²) in [7, 11) is 0. The molecule has 0 unspecified atom stereocenters. The van der Waals surface area contributed by atoms with E-state index < -0.39 is 5.79 Å². The minimum Gasteiger partial charge on any atom is -0.348 e. The predicted octanol–water partition coefficient (Wildman–Crippen LogP) is 1.36. The fourth-order valence-corrected chi connectivity index (χ4v) is 1.30. The average molecular weight is 172 g/mol. The molecule has 0 aromatic heterocycles. The molecule has 0 aromatic rings. The molecule has 0 N–H and O–H groups in total. The average Bonchev–Trinajstić information content (AvgIpc) is 2.31. The molecule has 1 aliphatic rings. The number of ether oxygens (including phenoxy) is 2. The fraction of sp³-hybridized carbons (Fsp3) is 0.889. The van der Waals surface area contributed by atoms with Crippen molar-refractivity contribution in [3.63, 3.8) is 0 Å². The number of hydrogen-bond acceptors (Lipinski definition) is 3. The van der Waals surface area contributed by atoms with E-state index in [9.17, 15) is 4.79 Å². The van der Waals surface area contributed by atoms with Crippen LogP contribution in [0.2, 0.25) is 0 Å². The summed E-state index contributed by atoms with van der Waals surface area (Å²) in [6.45, 7) is 6.38. The normalized spacial score (nSPS) is 30.1. The molecular weight excluding hydrogens is 156 g/mol. The summed E-state index contributed by atoms with van der Waals surface area (Å²) in [5.41, 5.74) is 0. The number of rotatable bonds is 3. The summed E-state index contributed by atoms with van der Waals surface area (Å²) in [4.78, 5) is 10.2. The van der Waals surface area contributed by atoms with Gasteiger partial charge in [0.2, 0.25) is 0 Å². The highest BCUT2D eigenvalue weighted by atomic mass is 16.7. The van der Waals surface area contributed by atoms with Gasteiger partial charge in [0.15, 0.2) is 5.79 Å². The van der Waals surface area contributed by atoms with E-state index in [1.165, 1.54) is 0 Å². The maximum Gasteiger partial charge on any atom is 0.163 e. The van der Waals surface area contributed by atoms with Gasteiger partial charge in [0.1, 0.15) is 6.29 Å². The second-order valence-corrected chi connectivity index (χ2v) is 3.75. The molecule has 0 aromatic carbocycles. The molecule has 0 spiro atoms. The second kappa shape index (κ2) is 3.54. The summed E-state index contributed by atoms with van der Waals surface area (Å²) in [6.07, 6.45) is 1.55. The maximum absolute atomic E-state index is 10.2. The van der Waals surface area contributed by atoms with Gasteiger partial charge in [-0.1, -0.05) is 6.92 Å². The third kappa shape index (κ3) is 2.29. The monoisotopic (exact) mass is 172 g/mol. The van der Waals surface area contributed by atoms with Gasteiger partial charge in [-0.25, -0.2) is 0 Å². The Bertz CT molecular complexity index is 165.